The normalized spacial score (nSPS) is 13.4. The second kappa shape index (κ2) is 6.69. The molecule has 0 fully saturated rings. The van der Waals surface area contributed by atoms with Crippen LogP contribution in [-0.2, 0) is 36.8 Å². The van der Waals surface area contributed by atoms with E-state index in [2.05, 4.69) is 6.58 Å². The highest BCUT2D eigenvalue weighted by Gasteiger charge is 2.31. The Kier molecular flexibility index (Phi) is 4.67. The predicted octanol–water partition coefficient (Wildman–Crippen LogP) is 3.05. The van der Waals surface area contributed by atoms with E-state index in [1.165, 1.54) is 36.4 Å². The molecule has 0 spiro atoms. The maximum absolute atomic E-state index is 12.3. The molecule has 3 N–H and O–H groups in total. The van der Waals surface area contributed by atoms with Crippen LogP contribution in [0.4, 0.5) is 0 Å². The summed E-state index contributed by atoms with van der Waals surface area (Å²) in [7, 11) is -14.7. The maximum atomic E-state index is 12.3. The van der Waals surface area contributed by atoms with Gasteiger partial charge in [-0.05, 0) is 28.8 Å². The minimum Gasteiger partial charge on any atom is -0.282 e. The molecule has 0 radical (unpaired) electrons. The summed E-state index contributed by atoms with van der Waals surface area (Å²) in [5.41, 5.74) is -0.374. The van der Waals surface area contributed by atoms with Crippen LogP contribution < -0.4 is 0 Å². The summed E-state index contributed by atoms with van der Waals surface area (Å²) in [6, 6.07) is 7.81. The third-order valence-corrected chi connectivity index (χ3v) is 7.93. The van der Waals surface area contributed by atoms with E-state index in [4.69, 9.17) is 0 Å². The molecule has 0 aliphatic heterocycles. The largest absolute Gasteiger partial charge is 0.295 e. The molecule has 0 aromatic heterocycles. The highest BCUT2D eigenvalue weighted by atomic mass is 32.2. The summed E-state index contributed by atoms with van der Waals surface area (Å²) in [5.74, 6) is 0. The summed E-state index contributed by atoms with van der Waals surface area (Å²) in [4.78, 5) is -1.94. The van der Waals surface area contributed by atoms with Gasteiger partial charge in [-0.2, -0.15) is 25.3 Å². The molecule has 0 amide bonds. The van der Waals surface area contributed by atoms with Crippen molar-refractivity contribution in [2.45, 2.75) is 21.1 Å². The molecule has 9 nitrogen and oxygen atoms in total. The average molecular weight is 483 g/mol. The van der Waals surface area contributed by atoms with Crippen molar-refractivity contribution < 1.29 is 38.9 Å². The van der Waals surface area contributed by atoms with Crippen LogP contribution in [0.5, 0.6) is 0 Å². The fourth-order valence-electron chi connectivity index (χ4n) is 4.07. The topological polar surface area (TPSA) is 163 Å². The zero-order chi connectivity index (χ0) is 22.9. The number of hydrogen-bond donors (Lipinski definition) is 3. The molecular formula is C19H14O9S3. The summed E-state index contributed by atoms with van der Waals surface area (Å²) < 4.78 is 102. The Labute approximate surface area is 177 Å². The van der Waals surface area contributed by atoms with Gasteiger partial charge in [0, 0.05) is 21.5 Å². The van der Waals surface area contributed by atoms with Gasteiger partial charge in [-0.3, -0.25) is 13.7 Å². The van der Waals surface area contributed by atoms with E-state index in [1.54, 1.807) is 0 Å². The van der Waals surface area contributed by atoms with E-state index < -0.39 is 45.0 Å². The first-order valence-corrected chi connectivity index (χ1v) is 12.9. The molecule has 0 atom stereocenters. The quantitative estimate of drug-likeness (QED) is 0.220. The van der Waals surface area contributed by atoms with Crippen LogP contribution in [0.1, 0.15) is 5.56 Å². The Hall–Kier alpha value is -2.61. The highest BCUT2D eigenvalue weighted by molar-refractivity contribution is 7.87. The molecule has 4 rings (SSSR count). The summed E-state index contributed by atoms with van der Waals surface area (Å²) >= 11 is 0. The summed E-state index contributed by atoms with van der Waals surface area (Å²) in [6.45, 7) is 3.47. The zero-order valence-corrected chi connectivity index (χ0v) is 17.9. The van der Waals surface area contributed by atoms with Gasteiger partial charge in [-0.15, -0.1) is 6.58 Å². The molecule has 0 saturated heterocycles. The molecule has 0 aliphatic carbocycles. The molecule has 4 aromatic rings. The van der Waals surface area contributed by atoms with Gasteiger partial charge in [0.2, 0.25) is 0 Å². The lowest BCUT2D eigenvalue weighted by Gasteiger charge is -2.19. The lowest BCUT2D eigenvalue weighted by atomic mass is 9.92. The number of benzene rings is 4. The third kappa shape index (κ3) is 3.28. The average Bonchev–Trinajstić information content (AvgIpc) is 2.62. The predicted molar refractivity (Wildman–Crippen MR) is 113 cm³/mol. The lowest BCUT2D eigenvalue weighted by molar-refractivity contribution is 0.479. The molecule has 12 heteroatoms. The van der Waals surface area contributed by atoms with Crippen LogP contribution in [0.15, 0.2) is 63.7 Å². The zero-order valence-electron chi connectivity index (χ0n) is 15.5. The summed E-state index contributed by atoms with van der Waals surface area (Å²) in [6.07, 6.45) is 0.906. The van der Waals surface area contributed by atoms with Crippen molar-refractivity contribution in [1.29, 1.82) is 0 Å². The van der Waals surface area contributed by atoms with E-state index in [0.29, 0.717) is 5.39 Å². The van der Waals surface area contributed by atoms with E-state index in [1.807, 2.05) is 0 Å². The van der Waals surface area contributed by atoms with Crippen molar-refractivity contribution in [3.63, 3.8) is 0 Å². The monoisotopic (exact) mass is 482 g/mol. The Morgan fingerprint density at radius 2 is 1.16 bits per heavy atom. The van der Waals surface area contributed by atoms with Gasteiger partial charge >= 0.3 is 0 Å². The van der Waals surface area contributed by atoms with Gasteiger partial charge < -0.3 is 0 Å². The maximum Gasteiger partial charge on any atom is 0.295 e. The van der Waals surface area contributed by atoms with Gasteiger partial charge in [0.1, 0.15) is 14.7 Å². The van der Waals surface area contributed by atoms with Gasteiger partial charge in [0.25, 0.3) is 30.4 Å². The molecule has 0 bridgehead atoms. The van der Waals surface area contributed by atoms with E-state index in [-0.39, 0.29) is 38.9 Å². The fourth-order valence-corrected chi connectivity index (χ4v) is 6.71. The Bertz CT molecular complexity index is 1680. The van der Waals surface area contributed by atoms with Gasteiger partial charge in [0.05, 0.1) is 0 Å². The molecule has 0 saturated carbocycles. The molecular weight excluding hydrogens is 468 g/mol. The van der Waals surface area contributed by atoms with Crippen LogP contribution >= 0.6 is 0 Å². The number of hydrogen-bond acceptors (Lipinski definition) is 6. The molecule has 31 heavy (non-hydrogen) atoms. The van der Waals surface area contributed by atoms with E-state index in [0.717, 1.165) is 6.07 Å². The molecule has 0 aliphatic rings. The highest BCUT2D eigenvalue weighted by Crippen LogP contribution is 2.44. The van der Waals surface area contributed by atoms with Gasteiger partial charge in [-0.1, -0.05) is 36.4 Å². The molecule has 162 valence electrons. The van der Waals surface area contributed by atoms with Crippen LogP contribution in [0.2, 0.25) is 0 Å². The fraction of sp³-hybridized carbons (Fsp3) is 0.0526. The number of rotatable bonds is 5. The van der Waals surface area contributed by atoms with Crippen LogP contribution in [0.3, 0.4) is 0 Å². The minimum atomic E-state index is -4.99. The van der Waals surface area contributed by atoms with Crippen molar-refractivity contribution in [3.05, 3.63) is 54.6 Å². The van der Waals surface area contributed by atoms with Crippen LogP contribution in [0.25, 0.3) is 32.3 Å². The number of allylic oxidation sites excluding steroid dienone is 1. The summed E-state index contributed by atoms with van der Waals surface area (Å²) in [5, 5.41) is 0.412. The SMILES string of the molecule is C=CCc1c(S(=O)(=O)O)c2ccc3ccc(S(=O)(=O)O)c4ccc(c1S(=O)(=O)O)c2c34. The smallest absolute Gasteiger partial charge is 0.282 e. The van der Waals surface area contributed by atoms with E-state index >= 15 is 0 Å². The first-order valence-electron chi connectivity index (χ1n) is 8.56. The van der Waals surface area contributed by atoms with Crippen molar-refractivity contribution in [2.75, 3.05) is 0 Å². The second-order valence-corrected chi connectivity index (χ2v) is 11.0. The van der Waals surface area contributed by atoms with Crippen molar-refractivity contribution in [1.82, 2.24) is 0 Å². The first-order chi connectivity index (χ1) is 14.3. The Morgan fingerprint density at radius 1 is 0.677 bits per heavy atom. The van der Waals surface area contributed by atoms with Crippen LogP contribution in [-0.4, -0.2) is 38.9 Å². The van der Waals surface area contributed by atoms with Crippen molar-refractivity contribution in [2.24, 2.45) is 0 Å². The minimum absolute atomic E-state index is 0.00596. The molecule has 0 unspecified atom stereocenters. The van der Waals surface area contributed by atoms with Crippen LogP contribution in [0, 0.1) is 0 Å². The van der Waals surface area contributed by atoms with Crippen molar-refractivity contribution in [3.8, 4) is 0 Å². The first kappa shape index (κ1) is 21.6. The molecule has 0 heterocycles. The van der Waals surface area contributed by atoms with Gasteiger partial charge in [-0.25, -0.2) is 0 Å². The third-order valence-electron chi connectivity index (χ3n) is 5.05. The van der Waals surface area contributed by atoms with Crippen molar-refractivity contribution >= 4 is 62.7 Å². The Morgan fingerprint density at radius 3 is 1.65 bits per heavy atom. The Balaban J connectivity index is 2.47. The van der Waals surface area contributed by atoms with E-state index in [9.17, 15) is 38.9 Å². The van der Waals surface area contributed by atoms with Gasteiger partial charge in [0.15, 0.2) is 0 Å². The lowest BCUT2D eigenvalue weighted by Crippen LogP contribution is -2.12. The second-order valence-electron chi connectivity index (χ2n) is 6.87. The standard InChI is InChI=1S/C19H14O9S3/c1-2-3-14-18(30(23,24)25)12-6-4-10-5-9-15(29(20,21)22)11-7-8-13(17(12)16(10)11)19(14)31(26,27)28/h2,4-9H,1,3H2,(H,20,21,22)(H,23,24,25)(H,26,27,28). The molecule has 4 aromatic carbocycles.